The van der Waals surface area contributed by atoms with Gasteiger partial charge in [-0.1, -0.05) is 6.07 Å². The molecule has 6 nitrogen and oxygen atoms in total. The molecule has 0 fully saturated rings. The van der Waals surface area contributed by atoms with Gasteiger partial charge in [-0.2, -0.15) is 0 Å². The summed E-state index contributed by atoms with van der Waals surface area (Å²) in [7, 11) is 0. The van der Waals surface area contributed by atoms with Gasteiger partial charge in [0.05, 0.1) is 11.3 Å². The zero-order valence-corrected chi connectivity index (χ0v) is 11.3. The van der Waals surface area contributed by atoms with E-state index in [4.69, 9.17) is 4.42 Å². The highest BCUT2D eigenvalue weighted by molar-refractivity contribution is 6.29. The molecule has 0 aliphatic rings. The van der Waals surface area contributed by atoms with Gasteiger partial charge in [0.1, 0.15) is 5.58 Å². The van der Waals surface area contributed by atoms with Gasteiger partial charge < -0.3 is 9.73 Å². The highest BCUT2D eigenvalue weighted by atomic mass is 16.4. The number of hydrogen-bond donors (Lipinski definition) is 1. The minimum absolute atomic E-state index is 0.189. The molecule has 22 heavy (non-hydrogen) atoms. The summed E-state index contributed by atoms with van der Waals surface area (Å²) in [6, 6.07) is 11.6. The van der Waals surface area contributed by atoms with E-state index in [0.29, 0.717) is 27.9 Å². The summed E-state index contributed by atoms with van der Waals surface area (Å²) in [6.45, 7) is 0. The summed E-state index contributed by atoms with van der Waals surface area (Å²) in [6.07, 6.45) is 1.77. The van der Waals surface area contributed by atoms with Gasteiger partial charge in [-0.15, -0.1) is 0 Å². The van der Waals surface area contributed by atoms with E-state index in [9.17, 15) is 14.4 Å². The first-order valence-electron chi connectivity index (χ1n) is 6.43. The molecule has 3 aromatic rings. The van der Waals surface area contributed by atoms with Crippen LogP contribution in [0, 0.1) is 0 Å². The Hall–Kier alpha value is -3.28. The molecule has 1 N–H and O–H groups in total. The van der Waals surface area contributed by atoms with E-state index in [-0.39, 0.29) is 6.29 Å². The number of hydrogen-bond acceptors (Lipinski definition) is 5. The first-order valence-corrected chi connectivity index (χ1v) is 6.43. The number of carbonyl (C=O) groups excluding carboxylic acids is 2. The molecule has 3 rings (SSSR count). The number of anilines is 1. The number of nitrogens with one attached hydrogen (secondary N) is 1. The smallest absolute Gasteiger partial charge is 0.345 e. The van der Waals surface area contributed by atoms with E-state index < -0.39 is 11.5 Å². The van der Waals surface area contributed by atoms with Crippen molar-refractivity contribution in [1.29, 1.82) is 0 Å². The molecule has 0 atom stereocenters. The number of rotatable bonds is 3. The highest BCUT2D eigenvalue weighted by Gasteiger charge is 2.09. The first kappa shape index (κ1) is 13.7. The summed E-state index contributed by atoms with van der Waals surface area (Å²) in [4.78, 5) is 37.6. The summed E-state index contributed by atoms with van der Waals surface area (Å²) < 4.78 is 5.26. The molecule has 0 aliphatic heterocycles. The van der Waals surface area contributed by atoms with Crippen LogP contribution in [-0.2, 0) is 9.59 Å². The zero-order chi connectivity index (χ0) is 15.5. The number of aromatic nitrogens is 1. The fourth-order valence-corrected chi connectivity index (χ4v) is 2.07. The van der Waals surface area contributed by atoms with Gasteiger partial charge in [-0.3, -0.25) is 14.6 Å². The molecule has 0 saturated heterocycles. The van der Waals surface area contributed by atoms with E-state index >= 15 is 0 Å². The van der Waals surface area contributed by atoms with E-state index in [1.807, 2.05) is 0 Å². The van der Waals surface area contributed by atoms with Crippen LogP contribution in [0.25, 0.3) is 22.2 Å². The Morgan fingerprint density at radius 1 is 1.18 bits per heavy atom. The Balaban J connectivity index is 2.12. The second-order valence-electron chi connectivity index (χ2n) is 4.52. The second-order valence-corrected chi connectivity index (χ2v) is 4.52. The lowest BCUT2D eigenvalue weighted by molar-refractivity contribution is -0.127. The lowest BCUT2D eigenvalue weighted by atomic mass is 10.1. The van der Waals surface area contributed by atoms with Crippen LogP contribution in [0.5, 0.6) is 0 Å². The van der Waals surface area contributed by atoms with Crippen molar-refractivity contribution in [2.45, 2.75) is 0 Å². The Bertz CT molecular complexity index is 916. The Morgan fingerprint density at radius 2 is 2.05 bits per heavy atom. The van der Waals surface area contributed by atoms with Gasteiger partial charge >= 0.3 is 5.63 Å². The van der Waals surface area contributed by atoms with E-state index in [2.05, 4.69) is 10.3 Å². The maximum atomic E-state index is 12.0. The average molecular weight is 294 g/mol. The Labute approximate surface area is 124 Å². The van der Waals surface area contributed by atoms with Gasteiger partial charge in [-0.25, -0.2) is 4.79 Å². The lowest BCUT2D eigenvalue weighted by Gasteiger charge is -2.05. The van der Waals surface area contributed by atoms with Crippen molar-refractivity contribution in [2.75, 3.05) is 5.32 Å². The Morgan fingerprint density at radius 3 is 2.77 bits per heavy atom. The number of benzene rings is 1. The molecular formula is C16H10N2O4. The lowest BCUT2D eigenvalue weighted by Crippen LogP contribution is -2.12. The molecule has 2 aromatic heterocycles. The number of carbonyl (C=O) groups is 2. The van der Waals surface area contributed by atoms with Crippen molar-refractivity contribution in [3.63, 3.8) is 0 Å². The first-order chi connectivity index (χ1) is 10.7. The molecule has 2 heterocycles. The molecule has 108 valence electrons. The van der Waals surface area contributed by atoms with Crippen molar-refractivity contribution in [1.82, 2.24) is 4.98 Å². The van der Waals surface area contributed by atoms with Gasteiger partial charge in [0.15, 0.2) is 0 Å². The van der Waals surface area contributed by atoms with Gasteiger partial charge in [0.25, 0.3) is 5.91 Å². The topological polar surface area (TPSA) is 89.3 Å². The van der Waals surface area contributed by atoms with Crippen LogP contribution in [0.3, 0.4) is 0 Å². The van der Waals surface area contributed by atoms with E-state index in [1.165, 1.54) is 0 Å². The van der Waals surface area contributed by atoms with E-state index in [0.717, 1.165) is 0 Å². The molecule has 0 aliphatic carbocycles. The van der Waals surface area contributed by atoms with Gasteiger partial charge in [0.2, 0.25) is 6.29 Å². The SMILES string of the molecule is O=CC(=O)Nc1ccc2oc(=O)c(-c3ccccn3)cc2c1. The minimum Gasteiger partial charge on any atom is -0.422 e. The van der Waals surface area contributed by atoms with Crippen LogP contribution in [0.1, 0.15) is 0 Å². The van der Waals surface area contributed by atoms with Crippen LogP contribution in [0.2, 0.25) is 0 Å². The van der Waals surface area contributed by atoms with Crippen LogP contribution in [-0.4, -0.2) is 17.2 Å². The van der Waals surface area contributed by atoms with Crippen LogP contribution < -0.4 is 10.9 Å². The van der Waals surface area contributed by atoms with Crippen molar-refractivity contribution in [3.8, 4) is 11.3 Å². The maximum Gasteiger partial charge on any atom is 0.345 e. The predicted octanol–water partition coefficient (Wildman–Crippen LogP) is 1.99. The average Bonchev–Trinajstić information content (AvgIpc) is 2.55. The third-order valence-corrected chi connectivity index (χ3v) is 3.05. The van der Waals surface area contributed by atoms with Crippen molar-refractivity contribution < 1.29 is 14.0 Å². The standard InChI is InChI=1S/C16H10N2O4/c19-9-15(20)18-11-4-5-14-10(7-11)8-12(16(21)22-14)13-3-1-2-6-17-13/h1-9H,(H,18,20). The summed E-state index contributed by atoms with van der Waals surface area (Å²) in [5.74, 6) is -0.748. The third-order valence-electron chi connectivity index (χ3n) is 3.05. The molecule has 6 heteroatoms. The molecular weight excluding hydrogens is 284 g/mol. The monoisotopic (exact) mass is 294 g/mol. The molecule has 0 spiro atoms. The molecule has 0 bridgehead atoms. The normalized spacial score (nSPS) is 10.4. The molecule has 1 amide bonds. The number of pyridine rings is 1. The summed E-state index contributed by atoms with van der Waals surface area (Å²) >= 11 is 0. The number of aldehydes is 1. The number of amides is 1. The number of fused-ring (bicyclic) bond motifs is 1. The van der Waals surface area contributed by atoms with Gasteiger partial charge in [0, 0.05) is 17.3 Å². The summed E-state index contributed by atoms with van der Waals surface area (Å²) in [5.41, 5.74) is 1.16. The summed E-state index contributed by atoms with van der Waals surface area (Å²) in [5, 5.41) is 3.03. The maximum absolute atomic E-state index is 12.0. The van der Waals surface area contributed by atoms with Crippen LogP contribution >= 0.6 is 0 Å². The van der Waals surface area contributed by atoms with E-state index in [1.54, 1.807) is 48.7 Å². The molecule has 0 radical (unpaired) electrons. The fraction of sp³-hybridized carbons (Fsp3) is 0. The third kappa shape index (κ3) is 2.62. The van der Waals surface area contributed by atoms with Crippen LogP contribution in [0.15, 0.2) is 57.9 Å². The van der Waals surface area contributed by atoms with Crippen molar-refractivity contribution >= 4 is 28.8 Å². The fourth-order valence-electron chi connectivity index (χ4n) is 2.07. The highest BCUT2D eigenvalue weighted by Crippen LogP contribution is 2.22. The quantitative estimate of drug-likeness (QED) is 0.453. The Kier molecular flexibility index (Phi) is 3.49. The zero-order valence-electron chi connectivity index (χ0n) is 11.3. The largest absolute Gasteiger partial charge is 0.422 e. The minimum atomic E-state index is -0.748. The number of nitrogens with zero attached hydrogens (tertiary/aromatic N) is 1. The molecule has 1 aromatic carbocycles. The van der Waals surface area contributed by atoms with Crippen molar-refractivity contribution in [3.05, 3.63) is 59.1 Å². The van der Waals surface area contributed by atoms with Gasteiger partial charge in [-0.05, 0) is 36.4 Å². The second kappa shape index (κ2) is 5.61. The molecule has 0 unspecified atom stereocenters. The van der Waals surface area contributed by atoms with Crippen molar-refractivity contribution in [2.24, 2.45) is 0 Å². The van der Waals surface area contributed by atoms with Crippen LogP contribution in [0.4, 0.5) is 5.69 Å². The molecule has 0 saturated carbocycles. The predicted molar refractivity (Wildman–Crippen MR) is 80.4 cm³/mol.